The van der Waals surface area contributed by atoms with Crippen molar-refractivity contribution in [3.63, 3.8) is 0 Å². The highest BCUT2D eigenvalue weighted by molar-refractivity contribution is 8.26. The summed E-state index contributed by atoms with van der Waals surface area (Å²) in [6.45, 7) is 1.66. The SMILES string of the molecule is CC[C@H](C(=O)[O-])N1C(=O)C(=Cc2cccc(OC)c2OC)SC1=S. The Labute approximate surface area is 149 Å². The van der Waals surface area contributed by atoms with Crippen LogP contribution in [0.4, 0.5) is 0 Å². The van der Waals surface area contributed by atoms with Crippen LogP contribution in [-0.4, -0.2) is 41.4 Å². The maximum Gasteiger partial charge on any atom is 0.266 e. The third-order valence-corrected chi connectivity index (χ3v) is 4.84. The highest BCUT2D eigenvalue weighted by Gasteiger charge is 2.37. The minimum absolute atomic E-state index is 0.198. The Morgan fingerprint density at radius 3 is 2.67 bits per heavy atom. The van der Waals surface area contributed by atoms with Crippen LogP contribution in [0.25, 0.3) is 6.08 Å². The molecule has 0 spiro atoms. The summed E-state index contributed by atoms with van der Waals surface area (Å²) in [7, 11) is 3.02. The molecule has 1 atom stereocenters. The molecular weight excluding hydrogens is 350 g/mol. The molecule has 1 heterocycles. The summed E-state index contributed by atoms with van der Waals surface area (Å²) < 4.78 is 10.8. The Bertz CT molecular complexity index is 716. The summed E-state index contributed by atoms with van der Waals surface area (Å²) in [5, 5.41) is 11.2. The number of carboxylic acids is 1. The Balaban J connectivity index is 2.41. The Hall–Kier alpha value is -2.06. The van der Waals surface area contributed by atoms with Crippen molar-refractivity contribution in [1.82, 2.24) is 4.90 Å². The fourth-order valence-electron chi connectivity index (χ4n) is 2.37. The largest absolute Gasteiger partial charge is 0.548 e. The number of amides is 1. The van der Waals surface area contributed by atoms with Gasteiger partial charge in [0, 0.05) is 5.56 Å². The second kappa shape index (κ2) is 7.67. The molecule has 0 unspecified atom stereocenters. The van der Waals surface area contributed by atoms with Gasteiger partial charge < -0.3 is 19.4 Å². The van der Waals surface area contributed by atoms with E-state index in [2.05, 4.69) is 0 Å². The first-order valence-corrected chi connectivity index (χ1v) is 8.36. The molecule has 1 aromatic rings. The zero-order valence-corrected chi connectivity index (χ0v) is 15.0. The maximum atomic E-state index is 12.6. The third-order valence-electron chi connectivity index (χ3n) is 3.51. The molecule has 0 aliphatic carbocycles. The van der Waals surface area contributed by atoms with Crippen molar-refractivity contribution in [2.45, 2.75) is 19.4 Å². The number of carbonyl (C=O) groups excluding carboxylic acids is 2. The third kappa shape index (κ3) is 3.39. The normalized spacial score (nSPS) is 17.3. The van der Waals surface area contributed by atoms with Gasteiger partial charge in [0.2, 0.25) is 0 Å². The smallest absolute Gasteiger partial charge is 0.266 e. The van der Waals surface area contributed by atoms with Crippen LogP contribution in [0, 0.1) is 0 Å². The summed E-state index contributed by atoms with van der Waals surface area (Å²) in [6.07, 6.45) is 1.83. The number of rotatable bonds is 6. The quantitative estimate of drug-likeness (QED) is 0.557. The standard InChI is InChI=1S/C16H17NO5S2/c1-4-10(15(19)20)17-14(18)12(24-16(17)23)8-9-6-5-7-11(21-2)13(9)22-3/h5-8,10H,4H2,1-3H3,(H,19,20)/p-1/t10-/m1/s1. The molecule has 1 saturated heterocycles. The number of para-hydroxylation sites is 1. The number of carbonyl (C=O) groups is 2. The fraction of sp³-hybridized carbons (Fsp3) is 0.312. The van der Waals surface area contributed by atoms with E-state index in [0.29, 0.717) is 22.0 Å². The summed E-state index contributed by atoms with van der Waals surface area (Å²) in [5.41, 5.74) is 0.638. The first-order valence-electron chi connectivity index (χ1n) is 7.13. The van der Waals surface area contributed by atoms with E-state index in [4.69, 9.17) is 21.7 Å². The van der Waals surface area contributed by atoms with E-state index >= 15 is 0 Å². The van der Waals surface area contributed by atoms with Gasteiger partial charge in [0.05, 0.1) is 31.1 Å². The van der Waals surface area contributed by atoms with Crippen LogP contribution in [0.1, 0.15) is 18.9 Å². The van der Waals surface area contributed by atoms with E-state index in [1.54, 1.807) is 31.2 Å². The molecule has 1 aliphatic rings. The fourth-order valence-corrected chi connectivity index (χ4v) is 3.72. The van der Waals surface area contributed by atoms with E-state index < -0.39 is 17.9 Å². The topological polar surface area (TPSA) is 78.9 Å². The maximum absolute atomic E-state index is 12.6. The van der Waals surface area contributed by atoms with Crippen LogP contribution in [0.2, 0.25) is 0 Å². The molecule has 2 rings (SSSR count). The number of hydrogen-bond donors (Lipinski definition) is 0. The molecule has 1 amide bonds. The number of nitrogens with zero attached hydrogens (tertiary/aromatic N) is 1. The molecule has 0 bridgehead atoms. The number of hydrogen-bond acceptors (Lipinski definition) is 7. The lowest BCUT2D eigenvalue weighted by atomic mass is 10.1. The lowest BCUT2D eigenvalue weighted by Crippen LogP contribution is -2.49. The van der Waals surface area contributed by atoms with Crippen molar-refractivity contribution in [3.8, 4) is 11.5 Å². The summed E-state index contributed by atoms with van der Waals surface area (Å²) in [4.78, 5) is 25.2. The molecule has 8 heteroatoms. The predicted octanol–water partition coefficient (Wildman–Crippen LogP) is 1.43. The van der Waals surface area contributed by atoms with Gasteiger partial charge in [0.25, 0.3) is 5.91 Å². The lowest BCUT2D eigenvalue weighted by molar-refractivity contribution is -0.310. The molecule has 0 aromatic heterocycles. The number of carboxylic acid groups (broad SMARTS) is 1. The summed E-state index contributed by atoms with van der Waals surface area (Å²) in [6, 6.07) is 4.20. The van der Waals surface area contributed by atoms with Gasteiger partial charge in [-0.2, -0.15) is 0 Å². The minimum atomic E-state index is -1.32. The van der Waals surface area contributed by atoms with Crippen molar-refractivity contribution < 1.29 is 24.2 Å². The number of thioether (sulfide) groups is 1. The number of methoxy groups -OCH3 is 2. The molecule has 1 aromatic carbocycles. The average Bonchev–Trinajstić information content (AvgIpc) is 2.82. The van der Waals surface area contributed by atoms with Crippen molar-refractivity contribution >= 4 is 46.3 Å². The minimum Gasteiger partial charge on any atom is -0.548 e. The average molecular weight is 366 g/mol. The highest BCUT2D eigenvalue weighted by atomic mass is 32.2. The number of ether oxygens (including phenoxy) is 2. The first-order chi connectivity index (χ1) is 11.4. The van der Waals surface area contributed by atoms with Gasteiger partial charge in [-0.25, -0.2) is 0 Å². The van der Waals surface area contributed by atoms with E-state index in [9.17, 15) is 14.7 Å². The Kier molecular flexibility index (Phi) is 5.84. The van der Waals surface area contributed by atoms with E-state index in [0.717, 1.165) is 16.7 Å². The lowest BCUT2D eigenvalue weighted by Gasteiger charge is -2.26. The Morgan fingerprint density at radius 1 is 1.42 bits per heavy atom. The summed E-state index contributed by atoms with van der Waals surface area (Å²) in [5.74, 6) is -0.764. The van der Waals surface area contributed by atoms with Crippen molar-refractivity contribution in [2.75, 3.05) is 14.2 Å². The molecule has 6 nitrogen and oxygen atoms in total. The summed E-state index contributed by atoms with van der Waals surface area (Å²) >= 11 is 6.21. The number of benzene rings is 1. The molecule has 1 fully saturated rings. The molecular formula is C16H16NO5S2-. The predicted molar refractivity (Wildman–Crippen MR) is 93.6 cm³/mol. The van der Waals surface area contributed by atoms with Crippen LogP contribution in [0.5, 0.6) is 11.5 Å². The molecule has 0 saturated carbocycles. The van der Waals surface area contributed by atoms with Gasteiger partial charge in [-0.15, -0.1) is 0 Å². The van der Waals surface area contributed by atoms with Crippen LogP contribution in [0.15, 0.2) is 23.1 Å². The van der Waals surface area contributed by atoms with Gasteiger partial charge in [-0.3, -0.25) is 9.69 Å². The molecule has 1 aliphatic heterocycles. The van der Waals surface area contributed by atoms with Crippen LogP contribution in [0.3, 0.4) is 0 Å². The number of aliphatic carboxylic acids is 1. The van der Waals surface area contributed by atoms with Crippen LogP contribution < -0.4 is 14.6 Å². The van der Waals surface area contributed by atoms with Gasteiger partial charge in [0.15, 0.2) is 11.5 Å². The van der Waals surface area contributed by atoms with Crippen molar-refractivity contribution in [3.05, 3.63) is 28.7 Å². The van der Waals surface area contributed by atoms with E-state index in [1.165, 1.54) is 14.2 Å². The highest BCUT2D eigenvalue weighted by Crippen LogP contribution is 2.38. The van der Waals surface area contributed by atoms with Gasteiger partial charge in [0.1, 0.15) is 4.32 Å². The second-order valence-electron chi connectivity index (χ2n) is 4.88. The molecule has 128 valence electrons. The van der Waals surface area contributed by atoms with E-state index in [-0.39, 0.29) is 10.7 Å². The van der Waals surface area contributed by atoms with Crippen LogP contribution >= 0.6 is 24.0 Å². The second-order valence-corrected chi connectivity index (χ2v) is 6.55. The van der Waals surface area contributed by atoms with Crippen molar-refractivity contribution in [2.24, 2.45) is 0 Å². The molecule has 0 N–H and O–H groups in total. The van der Waals surface area contributed by atoms with Crippen molar-refractivity contribution in [1.29, 1.82) is 0 Å². The van der Waals surface area contributed by atoms with Gasteiger partial charge in [-0.1, -0.05) is 43.0 Å². The van der Waals surface area contributed by atoms with E-state index in [1.807, 2.05) is 0 Å². The Morgan fingerprint density at radius 2 is 2.12 bits per heavy atom. The zero-order valence-electron chi connectivity index (χ0n) is 13.4. The molecule has 24 heavy (non-hydrogen) atoms. The van der Waals surface area contributed by atoms with Crippen LogP contribution in [-0.2, 0) is 9.59 Å². The zero-order chi connectivity index (χ0) is 17.9. The van der Waals surface area contributed by atoms with Gasteiger partial charge >= 0.3 is 0 Å². The molecule has 0 radical (unpaired) electrons. The van der Waals surface area contributed by atoms with Gasteiger partial charge in [-0.05, 0) is 18.6 Å². The monoisotopic (exact) mass is 366 g/mol. The number of thiocarbonyl (C=S) groups is 1. The first kappa shape index (κ1) is 18.3.